The van der Waals surface area contributed by atoms with Crippen LogP contribution in [0.4, 0.5) is 11.6 Å². The van der Waals surface area contributed by atoms with Crippen LogP contribution in [0, 0.1) is 12.8 Å². The van der Waals surface area contributed by atoms with Gasteiger partial charge >= 0.3 is 0 Å². The van der Waals surface area contributed by atoms with Gasteiger partial charge in [-0.25, -0.2) is 9.97 Å². The van der Waals surface area contributed by atoms with Gasteiger partial charge in [-0.3, -0.25) is 9.59 Å². The van der Waals surface area contributed by atoms with E-state index >= 15 is 0 Å². The Labute approximate surface area is 279 Å². The molecule has 3 rings (SSSR count). The van der Waals surface area contributed by atoms with Gasteiger partial charge in [-0.15, -0.1) is 0 Å². The number of nitrogens with two attached hydrogens (primary N) is 2. The number of aromatic nitrogens is 2. The molecule has 0 bridgehead atoms. The van der Waals surface area contributed by atoms with Crippen molar-refractivity contribution < 1.29 is 35.1 Å². The number of hydrogen-bond acceptors (Lipinski definition) is 13. The minimum absolute atomic E-state index is 0.0327. The Morgan fingerprint density at radius 3 is 2.36 bits per heavy atom. The molecule has 5 atom stereocenters. The number of nitrogens with one attached hydrogen (secondary N) is 2. The third kappa shape index (κ3) is 11.2. The van der Waals surface area contributed by atoms with Crippen molar-refractivity contribution in [3.63, 3.8) is 0 Å². The van der Waals surface area contributed by atoms with E-state index in [2.05, 4.69) is 51.6 Å². The number of anilines is 2. The zero-order chi connectivity index (χ0) is 34.7. The fourth-order valence-corrected chi connectivity index (χ4v) is 5.81. The molecule has 1 aliphatic heterocycles. The van der Waals surface area contributed by atoms with Gasteiger partial charge in [0.2, 0.25) is 5.91 Å². The highest BCUT2D eigenvalue weighted by atomic mass is 35.5. The van der Waals surface area contributed by atoms with Crippen molar-refractivity contribution in [2.45, 2.75) is 63.1 Å². The maximum Gasteiger partial charge on any atom is 0.273 e. The van der Waals surface area contributed by atoms with E-state index in [1.165, 1.54) is 5.56 Å². The van der Waals surface area contributed by atoms with Gasteiger partial charge in [0.25, 0.3) is 5.91 Å². The smallest absolute Gasteiger partial charge is 0.273 e. The van der Waals surface area contributed by atoms with Crippen LogP contribution in [0.3, 0.4) is 0 Å². The molecule has 262 valence electrons. The van der Waals surface area contributed by atoms with E-state index in [0.717, 1.165) is 24.8 Å². The van der Waals surface area contributed by atoms with Crippen LogP contribution in [0.1, 0.15) is 40.9 Å². The lowest BCUT2D eigenvalue weighted by molar-refractivity contribution is -0.132. The van der Waals surface area contributed by atoms with E-state index in [4.69, 9.17) is 28.2 Å². The van der Waals surface area contributed by atoms with Crippen LogP contribution in [-0.4, -0.2) is 140 Å². The summed E-state index contributed by atoms with van der Waals surface area (Å²) in [5, 5.41) is 53.7. The van der Waals surface area contributed by atoms with E-state index in [1.54, 1.807) is 0 Å². The third-order valence-electron chi connectivity index (χ3n) is 8.62. The first kappa shape index (κ1) is 38.3. The summed E-state index contributed by atoms with van der Waals surface area (Å²) in [4.78, 5) is 37.8. The highest BCUT2D eigenvalue weighted by Crippen LogP contribution is 2.21. The van der Waals surface area contributed by atoms with E-state index in [-0.39, 0.29) is 59.9 Å². The summed E-state index contributed by atoms with van der Waals surface area (Å²) in [6.45, 7) is 3.70. The van der Waals surface area contributed by atoms with E-state index in [1.807, 2.05) is 17.0 Å². The first-order valence-electron chi connectivity index (χ1n) is 15.7. The van der Waals surface area contributed by atoms with Crippen LogP contribution in [0.15, 0.2) is 24.3 Å². The molecule has 16 heteroatoms. The monoisotopic (exact) mass is 680 g/mol. The van der Waals surface area contributed by atoms with Crippen LogP contribution in [0.5, 0.6) is 0 Å². The number of carbonyl (C=O) groups excluding carboxylic acids is 2. The number of likely N-dealkylation sites (tertiary alicyclic amines) is 1. The molecule has 15 nitrogen and oxygen atoms in total. The topological polar surface area (TPSA) is 244 Å². The average molecular weight is 681 g/mol. The van der Waals surface area contributed by atoms with E-state index < -0.39 is 36.9 Å². The molecule has 47 heavy (non-hydrogen) atoms. The van der Waals surface area contributed by atoms with Crippen molar-refractivity contribution in [1.82, 2.24) is 30.4 Å². The van der Waals surface area contributed by atoms with Gasteiger partial charge in [-0.05, 0) is 50.3 Å². The Morgan fingerprint density at radius 1 is 1.04 bits per heavy atom. The largest absolute Gasteiger partial charge is 0.394 e. The number of nitrogens with zero attached hydrogens (tertiary/aromatic N) is 4. The second-order valence-electron chi connectivity index (χ2n) is 12.1. The van der Waals surface area contributed by atoms with Crippen molar-refractivity contribution in [3.05, 3.63) is 46.2 Å². The molecule has 1 saturated heterocycles. The fraction of sp³-hybridized carbons (Fsp3) is 0.613. The fourth-order valence-electron chi connectivity index (χ4n) is 5.68. The van der Waals surface area contributed by atoms with Crippen LogP contribution in [0.25, 0.3) is 0 Å². The van der Waals surface area contributed by atoms with Gasteiger partial charge in [0.15, 0.2) is 22.5 Å². The highest BCUT2D eigenvalue weighted by molar-refractivity contribution is 6.31. The minimum atomic E-state index is -1.70. The van der Waals surface area contributed by atoms with Crippen molar-refractivity contribution in [3.8, 4) is 0 Å². The van der Waals surface area contributed by atoms with Gasteiger partial charge < -0.3 is 57.4 Å². The molecule has 1 aliphatic rings. The second kappa shape index (κ2) is 18.4. The molecule has 2 aromatic rings. The molecule has 2 heterocycles. The van der Waals surface area contributed by atoms with Crippen molar-refractivity contribution in [1.29, 1.82) is 0 Å². The quantitative estimate of drug-likeness (QED) is 0.0868. The standard InChI is InChI=1S/C31H49ClN8O7/c1-18-5-3-4-6-20(18)13-19(14-36-31(47)25-29(33)38-30(34)28(32)37-25)16-39(2)21-8-11-40(12-9-21)24(44)7-10-35-15-22(42)26(45)27(46)23(43)17-41/h3-6,19,21-23,26-27,35,41-43,45-46H,7-17H2,1-2H3,(H,36,47)(H4,33,34,38)/t19-,22+,23-,26-,27-/m1/s1. The normalized spacial score (nSPS) is 17.3. The zero-order valence-corrected chi connectivity index (χ0v) is 27.7. The first-order chi connectivity index (χ1) is 22.3. The number of hydrogen-bond donors (Lipinski definition) is 9. The van der Waals surface area contributed by atoms with E-state index in [9.17, 15) is 30.0 Å². The lowest BCUT2D eigenvalue weighted by Gasteiger charge is -2.38. The highest BCUT2D eigenvalue weighted by Gasteiger charge is 2.30. The predicted molar refractivity (Wildman–Crippen MR) is 177 cm³/mol. The van der Waals surface area contributed by atoms with Crippen LogP contribution in [-0.2, 0) is 11.2 Å². The van der Waals surface area contributed by atoms with Gasteiger partial charge in [0.05, 0.1) is 12.7 Å². The number of nitrogen functional groups attached to an aromatic ring is 2. The summed E-state index contributed by atoms with van der Waals surface area (Å²) in [5.74, 6) is -0.611. The molecule has 0 saturated carbocycles. The number of benzene rings is 1. The number of halogens is 1. The third-order valence-corrected chi connectivity index (χ3v) is 8.90. The number of aliphatic hydroxyl groups is 5. The number of aryl methyl sites for hydroxylation is 1. The Balaban J connectivity index is 1.49. The molecule has 0 spiro atoms. The van der Waals surface area contributed by atoms with Crippen molar-refractivity contribution in [2.24, 2.45) is 5.92 Å². The predicted octanol–water partition coefficient (Wildman–Crippen LogP) is -1.47. The number of carbonyl (C=O) groups is 2. The summed E-state index contributed by atoms with van der Waals surface area (Å²) < 4.78 is 0. The average Bonchev–Trinajstić information content (AvgIpc) is 3.06. The SMILES string of the molecule is Cc1ccccc1C[C@H](CNC(=O)c1nc(Cl)c(N)nc1N)CN(C)C1CCN(C(=O)CCNC[C@H](O)[C@@H](O)[C@H](O)[C@H](O)CO)CC1. The minimum Gasteiger partial charge on any atom is -0.394 e. The van der Waals surface area contributed by atoms with Crippen LogP contribution in [0.2, 0.25) is 5.15 Å². The number of rotatable bonds is 17. The maximum atomic E-state index is 13.0. The molecule has 0 radical (unpaired) electrons. The number of piperidine rings is 1. The zero-order valence-electron chi connectivity index (χ0n) is 26.9. The van der Waals surface area contributed by atoms with Gasteiger partial charge in [-0.2, -0.15) is 0 Å². The molecule has 2 amide bonds. The Morgan fingerprint density at radius 2 is 1.70 bits per heavy atom. The lowest BCUT2D eigenvalue weighted by Crippen LogP contribution is -2.49. The Hall–Kier alpha value is -3.15. The van der Waals surface area contributed by atoms with E-state index in [0.29, 0.717) is 26.2 Å². The van der Waals surface area contributed by atoms with Crippen LogP contribution >= 0.6 is 11.6 Å². The molecule has 1 fully saturated rings. The lowest BCUT2D eigenvalue weighted by atomic mass is 9.94. The molecule has 11 N–H and O–H groups in total. The summed E-state index contributed by atoms with van der Waals surface area (Å²) in [6.07, 6.45) is -3.82. The van der Waals surface area contributed by atoms with Gasteiger partial charge in [-0.1, -0.05) is 35.9 Å². The molecule has 0 aliphatic carbocycles. The first-order valence-corrected chi connectivity index (χ1v) is 16.1. The van der Waals surface area contributed by atoms with Crippen molar-refractivity contribution in [2.75, 3.05) is 64.4 Å². The molecule has 1 aromatic carbocycles. The Kier molecular flexibility index (Phi) is 15.0. The van der Waals surface area contributed by atoms with Crippen LogP contribution < -0.4 is 22.1 Å². The number of aliphatic hydroxyl groups excluding tert-OH is 5. The van der Waals surface area contributed by atoms with Gasteiger partial charge in [0.1, 0.15) is 18.3 Å². The van der Waals surface area contributed by atoms with Gasteiger partial charge in [0, 0.05) is 51.7 Å². The molecular weight excluding hydrogens is 632 g/mol. The summed E-state index contributed by atoms with van der Waals surface area (Å²) in [6, 6.07) is 8.37. The maximum absolute atomic E-state index is 13.0. The van der Waals surface area contributed by atoms with Crippen molar-refractivity contribution >= 4 is 35.1 Å². The summed E-state index contributed by atoms with van der Waals surface area (Å²) in [7, 11) is 2.05. The molecular formula is C31H49ClN8O7. The summed E-state index contributed by atoms with van der Waals surface area (Å²) >= 11 is 5.97. The summed E-state index contributed by atoms with van der Waals surface area (Å²) in [5.41, 5.74) is 13.8. The molecule has 0 unspecified atom stereocenters. The Bertz CT molecular complexity index is 1320. The number of amides is 2. The molecule has 1 aromatic heterocycles. The second-order valence-corrected chi connectivity index (χ2v) is 12.5.